The van der Waals surface area contributed by atoms with E-state index < -0.39 is 18.6 Å². The van der Waals surface area contributed by atoms with E-state index in [0.717, 1.165) is 0 Å². The molecule has 0 aromatic carbocycles. The van der Waals surface area contributed by atoms with Gasteiger partial charge in [-0.05, 0) is 0 Å². The lowest BCUT2D eigenvalue weighted by Gasteiger charge is -2.21. The van der Waals surface area contributed by atoms with Gasteiger partial charge in [0.15, 0.2) is 6.23 Å². The van der Waals surface area contributed by atoms with Gasteiger partial charge in [-0.25, -0.2) is 4.79 Å². The van der Waals surface area contributed by atoms with Crippen LogP contribution in [0.3, 0.4) is 0 Å². The first-order valence-electron chi connectivity index (χ1n) is 3.36. The van der Waals surface area contributed by atoms with E-state index in [2.05, 4.69) is 9.57 Å². The minimum Gasteiger partial charge on any atom is -0.350 e. The molecular formula is C5H7F3N2O3. The molecule has 5 nitrogen and oxygen atoms in total. The highest BCUT2D eigenvalue weighted by Gasteiger charge is 2.40. The summed E-state index contributed by atoms with van der Waals surface area (Å²) in [4.78, 5) is 15.0. The van der Waals surface area contributed by atoms with Crippen LogP contribution in [-0.4, -0.2) is 30.3 Å². The number of amides is 2. The van der Waals surface area contributed by atoms with Gasteiger partial charge in [0.05, 0.1) is 6.61 Å². The zero-order valence-corrected chi connectivity index (χ0v) is 6.37. The smallest absolute Gasteiger partial charge is 0.350 e. The summed E-state index contributed by atoms with van der Waals surface area (Å²) < 4.78 is 38.6. The van der Waals surface area contributed by atoms with Crippen molar-refractivity contribution < 1.29 is 27.5 Å². The lowest BCUT2D eigenvalue weighted by Crippen LogP contribution is -2.42. The number of nitrogens with zero attached hydrogens (tertiary/aromatic N) is 1. The van der Waals surface area contributed by atoms with Gasteiger partial charge in [0.25, 0.3) is 0 Å². The number of urea groups is 1. The van der Waals surface area contributed by atoms with Crippen molar-refractivity contribution in [3.8, 4) is 0 Å². The number of hydroxylamine groups is 2. The van der Waals surface area contributed by atoms with Crippen molar-refractivity contribution in [1.82, 2.24) is 5.06 Å². The summed E-state index contributed by atoms with van der Waals surface area (Å²) in [5.41, 5.74) is 4.72. The van der Waals surface area contributed by atoms with Crippen molar-refractivity contribution in [2.24, 2.45) is 5.73 Å². The van der Waals surface area contributed by atoms with Crippen LogP contribution in [0.1, 0.15) is 6.42 Å². The second-order valence-electron chi connectivity index (χ2n) is 2.30. The van der Waals surface area contributed by atoms with E-state index in [-0.39, 0.29) is 13.0 Å². The largest absolute Gasteiger partial charge is 0.524 e. The molecule has 1 aliphatic heterocycles. The maximum atomic E-state index is 11.7. The number of alkyl halides is 3. The lowest BCUT2D eigenvalue weighted by molar-refractivity contribution is -0.365. The predicted molar refractivity (Wildman–Crippen MR) is 32.9 cm³/mol. The number of halogens is 3. The highest BCUT2D eigenvalue weighted by molar-refractivity contribution is 5.71. The maximum Gasteiger partial charge on any atom is 0.524 e. The molecule has 0 saturated carbocycles. The summed E-state index contributed by atoms with van der Waals surface area (Å²) in [7, 11) is 0. The second kappa shape index (κ2) is 3.38. The SMILES string of the molecule is NC(=O)N1OCCC1OC(F)(F)F. The molecule has 0 bridgehead atoms. The van der Waals surface area contributed by atoms with Gasteiger partial charge in [0, 0.05) is 6.42 Å². The number of ether oxygens (including phenoxy) is 1. The van der Waals surface area contributed by atoms with Gasteiger partial charge in [0.2, 0.25) is 0 Å². The second-order valence-corrected chi connectivity index (χ2v) is 2.30. The Labute approximate surface area is 71.1 Å². The van der Waals surface area contributed by atoms with Gasteiger partial charge in [-0.1, -0.05) is 0 Å². The highest BCUT2D eigenvalue weighted by atomic mass is 19.4. The van der Waals surface area contributed by atoms with Crippen LogP contribution in [0, 0.1) is 0 Å². The molecule has 1 aliphatic rings. The summed E-state index contributed by atoms with van der Waals surface area (Å²) in [6.45, 7) is -0.0241. The Bertz CT molecular complexity index is 208. The Hall–Kier alpha value is -1.02. The first-order chi connectivity index (χ1) is 5.90. The third-order valence-electron chi connectivity index (χ3n) is 1.34. The number of rotatable bonds is 1. The summed E-state index contributed by atoms with van der Waals surface area (Å²) in [6.07, 6.45) is -6.33. The minimum atomic E-state index is -4.80. The molecule has 1 atom stereocenters. The Balaban J connectivity index is 2.54. The normalized spacial score (nSPS) is 23.6. The van der Waals surface area contributed by atoms with Crippen molar-refractivity contribution in [2.75, 3.05) is 6.61 Å². The Morgan fingerprint density at radius 3 is 2.69 bits per heavy atom. The number of carbonyl (C=O) groups is 1. The molecule has 1 saturated heterocycles. The fourth-order valence-corrected chi connectivity index (χ4v) is 0.919. The molecule has 0 spiro atoms. The Kier molecular flexibility index (Phi) is 2.62. The van der Waals surface area contributed by atoms with Gasteiger partial charge in [-0.15, -0.1) is 13.2 Å². The molecule has 0 radical (unpaired) electrons. The van der Waals surface area contributed by atoms with Crippen LogP contribution in [0.25, 0.3) is 0 Å². The molecule has 76 valence electrons. The van der Waals surface area contributed by atoms with Crippen LogP contribution in [-0.2, 0) is 9.57 Å². The molecular weight excluding hydrogens is 193 g/mol. The average molecular weight is 200 g/mol. The number of hydrogen-bond donors (Lipinski definition) is 1. The van der Waals surface area contributed by atoms with E-state index >= 15 is 0 Å². The van der Waals surface area contributed by atoms with E-state index in [0.29, 0.717) is 5.06 Å². The standard InChI is InChI=1S/C5H7F3N2O3/c6-5(7,8)13-3-1-2-12-10(3)4(9)11/h3H,1-2H2,(H2,9,11). The predicted octanol–water partition coefficient (Wildman–Crippen LogP) is 0.565. The molecule has 1 unspecified atom stereocenters. The van der Waals surface area contributed by atoms with Crippen LogP contribution in [0.5, 0.6) is 0 Å². The van der Waals surface area contributed by atoms with Crippen molar-refractivity contribution in [3.05, 3.63) is 0 Å². The Morgan fingerprint density at radius 2 is 2.23 bits per heavy atom. The lowest BCUT2D eigenvalue weighted by atomic mass is 10.4. The molecule has 2 amide bonds. The zero-order valence-electron chi connectivity index (χ0n) is 6.37. The van der Waals surface area contributed by atoms with Gasteiger partial charge in [-0.3, -0.25) is 9.57 Å². The van der Waals surface area contributed by atoms with Crippen molar-refractivity contribution in [1.29, 1.82) is 0 Å². The average Bonchev–Trinajstić information content (AvgIpc) is 2.31. The monoisotopic (exact) mass is 200 g/mol. The van der Waals surface area contributed by atoms with Crippen LogP contribution < -0.4 is 5.73 Å². The van der Waals surface area contributed by atoms with Crippen LogP contribution in [0.4, 0.5) is 18.0 Å². The Morgan fingerprint density at radius 1 is 1.62 bits per heavy atom. The van der Waals surface area contributed by atoms with E-state index in [9.17, 15) is 18.0 Å². The fraction of sp³-hybridized carbons (Fsp3) is 0.800. The van der Waals surface area contributed by atoms with Gasteiger partial charge < -0.3 is 5.73 Å². The minimum absolute atomic E-state index is 0.0241. The highest BCUT2D eigenvalue weighted by Crippen LogP contribution is 2.25. The fourth-order valence-electron chi connectivity index (χ4n) is 0.919. The first-order valence-corrected chi connectivity index (χ1v) is 3.36. The molecule has 13 heavy (non-hydrogen) atoms. The van der Waals surface area contributed by atoms with E-state index in [1.165, 1.54) is 0 Å². The topological polar surface area (TPSA) is 64.8 Å². The van der Waals surface area contributed by atoms with E-state index in [1.807, 2.05) is 0 Å². The van der Waals surface area contributed by atoms with Crippen LogP contribution in [0.15, 0.2) is 0 Å². The van der Waals surface area contributed by atoms with E-state index in [4.69, 9.17) is 5.73 Å². The molecule has 1 rings (SSSR count). The van der Waals surface area contributed by atoms with Gasteiger partial charge in [0.1, 0.15) is 0 Å². The number of primary amides is 1. The zero-order chi connectivity index (χ0) is 10.1. The number of nitrogens with two attached hydrogens (primary N) is 1. The number of hydrogen-bond acceptors (Lipinski definition) is 3. The molecule has 2 N–H and O–H groups in total. The molecule has 8 heteroatoms. The van der Waals surface area contributed by atoms with E-state index in [1.54, 1.807) is 0 Å². The van der Waals surface area contributed by atoms with Crippen molar-refractivity contribution >= 4 is 6.03 Å². The third kappa shape index (κ3) is 2.74. The van der Waals surface area contributed by atoms with Crippen LogP contribution in [0.2, 0.25) is 0 Å². The molecule has 0 aromatic heterocycles. The molecule has 0 aromatic rings. The maximum absolute atomic E-state index is 11.7. The summed E-state index contributed by atoms with van der Waals surface area (Å²) >= 11 is 0. The first kappa shape index (κ1) is 10.1. The molecule has 1 fully saturated rings. The number of carbonyl (C=O) groups excluding carboxylic acids is 1. The van der Waals surface area contributed by atoms with Crippen molar-refractivity contribution in [3.63, 3.8) is 0 Å². The van der Waals surface area contributed by atoms with Gasteiger partial charge in [-0.2, -0.15) is 5.06 Å². The van der Waals surface area contributed by atoms with Gasteiger partial charge >= 0.3 is 12.4 Å². The quantitative estimate of drug-likeness (QED) is 0.672. The molecule has 1 heterocycles. The summed E-state index contributed by atoms with van der Waals surface area (Å²) in [5, 5.41) is 0.369. The third-order valence-corrected chi connectivity index (χ3v) is 1.34. The van der Waals surface area contributed by atoms with Crippen LogP contribution >= 0.6 is 0 Å². The summed E-state index contributed by atoms with van der Waals surface area (Å²) in [6, 6.07) is -1.10. The van der Waals surface area contributed by atoms with Crippen molar-refractivity contribution in [2.45, 2.75) is 19.0 Å². The summed E-state index contributed by atoms with van der Waals surface area (Å²) in [5.74, 6) is 0. The molecule has 0 aliphatic carbocycles.